The molecule has 0 spiro atoms. The Labute approximate surface area is 739 Å². The van der Waals surface area contributed by atoms with Gasteiger partial charge in [-0.25, -0.2) is 4.79 Å². The van der Waals surface area contributed by atoms with Crippen LogP contribution in [0.4, 0.5) is 0 Å². The SMILES string of the molecule is CC(C)C[C@H](NC(=O)[C@@H](N)CS)C(=O)N[C@@H](CCCNC(=N)N)C(=O)N[C@@H](Cc1c[nH]c2ccccc12)C(=O)N1CCC[C@H]1C(=O)N[C@@H](Cc1c[nH]c2ccccc12)C(=O)N[C@@H](Cc1c[nH]c2ccccc12)C(=O)N1CCC[C@H]1C(=O)N[C@@H](Cc1c[nH]c2ccccc12)C(=O)N[C@@H](CCCNC(=N)N)C(=O)N[C@@H](CCCNC(=N)N)C(=O)N[C@@H](CCCCN)C(=O)O. The van der Waals surface area contributed by atoms with E-state index in [9.17, 15) is 29.1 Å². The van der Waals surface area contributed by atoms with E-state index < -0.39 is 143 Å². The maximum absolute atomic E-state index is 16.0. The van der Waals surface area contributed by atoms with Crippen molar-refractivity contribution in [3.05, 3.63) is 144 Å². The molecule has 0 saturated carbocycles. The summed E-state index contributed by atoms with van der Waals surface area (Å²) in [4.78, 5) is 194. The number of thiol groups is 1. The van der Waals surface area contributed by atoms with E-state index >= 15 is 33.6 Å². The number of hydrogen-bond donors (Lipinski definition) is 26. The molecule has 6 heterocycles. The molecule has 30 N–H and O–H groups in total. The molecule has 0 unspecified atom stereocenters. The van der Waals surface area contributed by atoms with Crippen molar-refractivity contribution < 1.29 is 62.6 Å². The quantitative estimate of drug-likeness (QED) is 0.0107. The number of carbonyl (C=O) groups is 12. The summed E-state index contributed by atoms with van der Waals surface area (Å²) in [5, 5.41) is 69.7. The van der Waals surface area contributed by atoms with E-state index in [-0.39, 0.29) is 165 Å². The Morgan fingerprint density at radius 2 is 0.717 bits per heavy atom. The lowest BCUT2D eigenvalue weighted by Crippen LogP contribution is -2.61. The first kappa shape index (κ1) is 96.0. The number of aromatic amines is 4. The summed E-state index contributed by atoms with van der Waals surface area (Å²) < 4.78 is 0. The summed E-state index contributed by atoms with van der Waals surface area (Å²) in [7, 11) is 0. The Kier molecular flexibility index (Phi) is 35.3. The molecule has 4 aromatic carbocycles. The number of carboxylic acid groups (broad SMARTS) is 1. The molecule has 127 heavy (non-hydrogen) atoms. The Balaban J connectivity index is 0.942. The number of carbonyl (C=O) groups excluding carboxylic acids is 11. The van der Waals surface area contributed by atoms with Gasteiger partial charge in [0.1, 0.15) is 66.5 Å². The number of rotatable bonds is 48. The lowest BCUT2D eigenvalue weighted by atomic mass is 10.00. The molecule has 40 heteroatoms. The number of fused-ring (bicyclic) bond motifs is 4. The van der Waals surface area contributed by atoms with Crippen LogP contribution in [-0.4, -0.2) is 241 Å². The second-order valence-electron chi connectivity index (χ2n) is 32.7. The van der Waals surface area contributed by atoms with Crippen LogP contribution < -0.4 is 92.5 Å². The normalized spacial score (nSPS) is 16.2. The number of benzene rings is 4. The fourth-order valence-corrected chi connectivity index (χ4v) is 16.5. The Morgan fingerprint density at radius 1 is 0.417 bits per heavy atom. The predicted molar refractivity (Wildman–Crippen MR) is 484 cm³/mol. The minimum absolute atomic E-state index is 0.00478. The first-order valence-corrected chi connectivity index (χ1v) is 43.7. The number of nitrogens with one attached hydrogen (secondary N) is 19. The molecule has 11 amide bonds. The van der Waals surface area contributed by atoms with Crippen molar-refractivity contribution in [2.45, 2.75) is 202 Å². The molecule has 39 nitrogen and oxygen atoms in total. The van der Waals surface area contributed by atoms with Crippen LogP contribution in [0.1, 0.15) is 126 Å². The molecule has 0 aliphatic carbocycles. The van der Waals surface area contributed by atoms with Crippen LogP contribution in [0.2, 0.25) is 0 Å². The van der Waals surface area contributed by atoms with Crippen molar-refractivity contribution in [2.24, 2.45) is 34.6 Å². The number of para-hydroxylation sites is 4. The topological polar surface area (TPSA) is 641 Å². The Bertz CT molecular complexity index is 5220. The van der Waals surface area contributed by atoms with Crippen molar-refractivity contribution in [2.75, 3.05) is 45.0 Å². The van der Waals surface area contributed by atoms with E-state index in [1.807, 2.05) is 105 Å². The number of unbranched alkanes of at least 4 members (excludes halogenated alkanes) is 1. The Hall–Kier alpha value is -13.2. The molecular weight excluding hydrogens is 1650 g/mol. The van der Waals surface area contributed by atoms with Crippen molar-refractivity contribution in [1.82, 2.24) is 93.5 Å². The van der Waals surface area contributed by atoms with Crippen LogP contribution in [0.3, 0.4) is 0 Å². The van der Waals surface area contributed by atoms with Crippen LogP contribution in [0, 0.1) is 22.1 Å². The summed E-state index contributed by atoms with van der Waals surface area (Å²) in [6.07, 6.45) is 8.15. The number of carboxylic acids is 1. The number of hydrogen-bond acceptors (Lipinski definition) is 18. The van der Waals surface area contributed by atoms with E-state index in [0.717, 1.165) is 10.9 Å². The van der Waals surface area contributed by atoms with Gasteiger partial charge in [-0.2, -0.15) is 12.6 Å². The maximum atomic E-state index is 16.0. The second kappa shape index (κ2) is 46.6. The van der Waals surface area contributed by atoms with Crippen molar-refractivity contribution in [3.63, 3.8) is 0 Å². The van der Waals surface area contributed by atoms with Crippen molar-refractivity contribution >= 4 is 145 Å². The number of aromatic nitrogens is 4. The van der Waals surface area contributed by atoms with E-state index in [1.165, 1.54) is 9.80 Å². The third-order valence-corrected chi connectivity index (χ3v) is 23.3. The molecule has 2 aliphatic heterocycles. The third-order valence-electron chi connectivity index (χ3n) is 22.9. The smallest absolute Gasteiger partial charge is 0.326 e. The second-order valence-corrected chi connectivity index (χ2v) is 33.0. The number of nitrogens with two attached hydrogens (primary N) is 5. The molecule has 12 atom stereocenters. The highest BCUT2D eigenvalue weighted by Crippen LogP contribution is 2.29. The molecule has 0 radical (unpaired) electrons. The maximum Gasteiger partial charge on any atom is 0.326 e. The molecule has 2 aliphatic rings. The monoisotopic (exact) mass is 1770 g/mol. The summed E-state index contributed by atoms with van der Waals surface area (Å²) in [6, 6.07) is 13.1. The number of likely N-dealkylation sites (tertiary alicyclic amines) is 2. The number of guanidine groups is 3. The summed E-state index contributed by atoms with van der Waals surface area (Å²) >= 11 is 4.16. The molecule has 2 saturated heterocycles. The molecular formula is C87H120N26O13S. The number of amides is 11. The van der Waals surface area contributed by atoms with Crippen LogP contribution in [0.25, 0.3) is 43.6 Å². The molecule has 10 rings (SSSR count). The molecule has 8 aromatic rings. The highest BCUT2D eigenvalue weighted by Gasteiger charge is 2.44. The highest BCUT2D eigenvalue weighted by molar-refractivity contribution is 7.80. The zero-order valence-corrected chi connectivity index (χ0v) is 72.2. The van der Waals surface area contributed by atoms with E-state index in [1.54, 1.807) is 30.9 Å². The van der Waals surface area contributed by atoms with Gasteiger partial charge in [0.05, 0.1) is 6.04 Å². The van der Waals surface area contributed by atoms with Gasteiger partial charge >= 0.3 is 5.97 Å². The average Bonchev–Trinajstić information content (AvgIpc) is 1.69. The summed E-state index contributed by atoms with van der Waals surface area (Å²) in [6.45, 7) is 4.27. The molecule has 4 aromatic heterocycles. The van der Waals surface area contributed by atoms with Crippen LogP contribution in [0.5, 0.6) is 0 Å². The van der Waals surface area contributed by atoms with E-state index in [0.29, 0.717) is 74.2 Å². The minimum atomic E-state index is -1.49. The fourth-order valence-electron chi connectivity index (χ4n) is 16.3. The lowest BCUT2D eigenvalue weighted by Gasteiger charge is -2.32. The summed E-state index contributed by atoms with van der Waals surface area (Å²) in [5.41, 5.74) is 33.7. The fraction of sp³-hybridized carbons (Fsp3) is 0.460. The highest BCUT2D eigenvalue weighted by atomic mass is 32.1. The van der Waals surface area contributed by atoms with Gasteiger partial charge in [0.15, 0.2) is 17.9 Å². The first-order valence-electron chi connectivity index (χ1n) is 43.1. The van der Waals surface area contributed by atoms with E-state index in [4.69, 9.17) is 44.9 Å². The van der Waals surface area contributed by atoms with Crippen molar-refractivity contribution in [3.8, 4) is 0 Å². The van der Waals surface area contributed by atoms with E-state index in [2.05, 4.69) is 96.4 Å². The zero-order chi connectivity index (χ0) is 91.4. The van der Waals surface area contributed by atoms with Gasteiger partial charge in [0.2, 0.25) is 65.0 Å². The van der Waals surface area contributed by atoms with Gasteiger partial charge in [-0.05, 0) is 149 Å². The predicted octanol–water partition coefficient (Wildman–Crippen LogP) is 0.534. The largest absolute Gasteiger partial charge is 0.480 e. The minimum Gasteiger partial charge on any atom is -0.480 e. The first-order chi connectivity index (χ1) is 61.0. The molecule has 682 valence electrons. The third kappa shape index (κ3) is 26.9. The van der Waals surface area contributed by atoms with Gasteiger partial charge in [0.25, 0.3) is 0 Å². The van der Waals surface area contributed by atoms with Crippen LogP contribution in [-0.2, 0) is 83.2 Å². The van der Waals surface area contributed by atoms with Crippen LogP contribution >= 0.6 is 12.6 Å². The summed E-state index contributed by atoms with van der Waals surface area (Å²) in [5.74, 6) is -11.0. The average molecular weight is 1770 g/mol. The zero-order valence-electron chi connectivity index (χ0n) is 71.3. The number of H-pyrrole nitrogens is 4. The van der Waals surface area contributed by atoms with Gasteiger partial charge < -0.3 is 127 Å². The van der Waals surface area contributed by atoms with Gasteiger partial charge in [-0.15, -0.1) is 0 Å². The van der Waals surface area contributed by atoms with Gasteiger partial charge in [-0.1, -0.05) is 86.6 Å². The molecule has 0 bridgehead atoms. The van der Waals surface area contributed by atoms with Gasteiger partial charge in [-0.3, -0.25) is 69.0 Å². The number of nitrogens with zero attached hydrogens (tertiary/aromatic N) is 2. The van der Waals surface area contributed by atoms with Crippen LogP contribution in [0.15, 0.2) is 122 Å². The van der Waals surface area contributed by atoms with Gasteiger partial charge in [0, 0.05) is 133 Å². The standard InChI is InChI=1S/C87H120N26O13S/c1-48(2)38-66(107-73(114)57(89)47-127)77(118)104-64(29-15-35-98-87(94)95)76(117)110-69(41-51-45-101-60-24-9-5-20-55(51)60)82(123)112-36-16-31-72(112)81(122)109-68(40-50-44-100-59-23-8-4-19-54(50)59)79(120)111-70(42-52-46-102-61-25-10-6-21-56(52)61)83(124)113-37-17-30-71(113)80(121)108-67(39-49-43-99-58-22-7-3-18-53(49)58)78(119)105-62(27-13-33-96-85(90)91)74(115)103-63(28-14-34-97-86(92)93)75(116)106-65(84(125)126)26-11-12-32-88/h3-10,18-25,43-46,48,57,62-72,99-102,127H,11-17,26-42,47,88-89H2,1-2H3,(H,103,115)(H,104,118)(H,105,119)(H,106,116)(H,107,114)(H,108,121)(H,109,122)(H,110,117)(H,111,120)(H,125,126)(H4,90,91,96)(H4,92,93,97)(H4,94,95,98)/t57-,62-,63-,64-,65-,66-,67-,68-,69-,70-,71-,72-/m0/s1. The number of aliphatic carboxylic acids is 1. The molecule has 2 fully saturated rings. The Morgan fingerprint density at radius 3 is 1.04 bits per heavy atom. The van der Waals surface area contributed by atoms with Crippen molar-refractivity contribution in [1.29, 1.82) is 16.2 Å². The lowest BCUT2D eigenvalue weighted by molar-refractivity contribution is -0.143.